The number of nitrogens with two attached hydrogens (primary N) is 1. The van der Waals surface area contributed by atoms with E-state index in [-0.39, 0.29) is 39.3 Å². The number of ether oxygens (including phenoxy) is 1. The SMILES string of the molecule is Nc1ccccc1C(=O)Oc1c(-c2ccc(O)c(O)c2)oc2cc(O)cc(O)c2c1=O. The van der Waals surface area contributed by atoms with E-state index in [1.54, 1.807) is 12.1 Å². The predicted octanol–water partition coefficient (Wildman–Crippen LogP) is 3.08. The highest BCUT2D eigenvalue weighted by atomic mass is 16.5. The minimum atomic E-state index is -0.952. The van der Waals surface area contributed by atoms with E-state index in [9.17, 15) is 30.0 Å². The van der Waals surface area contributed by atoms with Gasteiger partial charge in [-0.3, -0.25) is 4.79 Å². The molecule has 0 fully saturated rings. The number of esters is 1. The molecular formula is C22H15NO8. The van der Waals surface area contributed by atoms with Gasteiger partial charge in [0.05, 0.1) is 5.56 Å². The van der Waals surface area contributed by atoms with E-state index in [0.717, 1.165) is 24.3 Å². The van der Waals surface area contributed by atoms with Crippen molar-refractivity contribution in [3.05, 3.63) is 70.4 Å². The smallest absolute Gasteiger partial charge is 0.345 e. The molecule has 1 aromatic heterocycles. The van der Waals surface area contributed by atoms with E-state index < -0.39 is 34.4 Å². The van der Waals surface area contributed by atoms with Crippen molar-refractivity contribution >= 4 is 22.6 Å². The summed E-state index contributed by atoms with van der Waals surface area (Å²) in [7, 11) is 0. The van der Waals surface area contributed by atoms with E-state index in [0.29, 0.717) is 0 Å². The highest BCUT2D eigenvalue weighted by Gasteiger charge is 2.24. The van der Waals surface area contributed by atoms with E-state index >= 15 is 0 Å². The summed E-state index contributed by atoms with van der Waals surface area (Å²) in [6, 6.07) is 11.7. The number of fused-ring (bicyclic) bond motifs is 1. The summed E-state index contributed by atoms with van der Waals surface area (Å²) in [5.74, 6) is -3.68. The molecule has 3 aromatic carbocycles. The summed E-state index contributed by atoms with van der Waals surface area (Å²) in [4.78, 5) is 25.8. The number of hydrogen-bond donors (Lipinski definition) is 5. The normalized spacial score (nSPS) is 10.8. The first-order valence-corrected chi connectivity index (χ1v) is 8.88. The number of carbonyl (C=O) groups excluding carboxylic acids is 1. The van der Waals surface area contributed by atoms with Crippen LogP contribution in [-0.2, 0) is 0 Å². The van der Waals surface area contributed by atoms with Crippen LogP contribution in [0.15, 0.2) is 63.8 Å². The summed E-state index contributed by atoms with van der Waals surface area (Å²) in [5, 5.41) is 39.0. The van der Waals surface area contributed by atoms with Gasteiger partial charge in [-0.05, 0) is 30.3 Å². The standard InChI is InChI=1S/C22H15NO8/c23-13-4-2-1-3-12(13)22(29)31-21-19(28)18-16(27)8-11(24)9-17(18)30-20(21)10-5-6-14(25)15(26)7-10/h1-9,24-27H,23H2. The monoisotopic (exact) mass is 421 g/mol. The fraction of sp³-hybridized carbons (Fsp3) is 0. The van der Waals surface area contributed by atoms with Crippen LogP contribution >= 0.6 is 0 Å². The molecule has 4 aromatic rings. The molecule has 0 saturated carbocycles. The number of carbonyl (C=O) groups is 1. The minimum Gasteiger partial charge on any atom is -0.508 e. The zero-order valence-electron chi connectivity index (χ0n) is 15.7. The highest BCUT2D eigenvalue weighted by molar-refractivity contribution is 5.98. The molecule has 0 saturated heterocycles. The number of aromatic hydroxyl groups is 4. The fourth-order valence-electron chi connectivity index (χ4n) is 3.05. The second-order valence-corrected chi connectivity index (χ2v) is 6.61. The number of phenolic OH excluding ortho intramolecular Hbond substituents is 4. The molecule has 9 heteroatoms. The highest BCUT2D eigenvalue weighted by Crippen LogP contribution is 2.38. The summed E-state index contributed by atoms with van der Waals surface area (Å²) >= 11 is 0. The Bertz CT molecular complexity index is 1410. The van der Waals surface area contributed by atoms with Gasteiger partial charge in [-0.15, -0.1) is 0 Å². The summed E-state index contributed by atoms with van der Waals surface area (Å²) in [5.41, 5.74) is 4.91. The van der Waals surface area contributed by atoms with Gasteiger partial charge in [0, 0.05) is 23.4 Å². The lowest BCUT2D eigenvalue weighted by Gasteiger charge is -2.12. The van der Waals surface area contributed by atoms with E-state index in [2.05, 4.69) is 0 Å². The average molecular weight is 421 g/mol. The van der Waals surface area contributed by atoms with Crippen LogP contribution in [0.2, 0.25) is 0 Å². The van der Waals surface area contributed by atoms with Gasteiger partial charge in [0.2, 0.25) is 11.2 Å². The van der Waals surface area contributed by atoms with Gasteiger partial charge < -0.3 is 35.3 Å². The van der Waals surface area contributed by atoms with Crippen LogP contribution in [0.5, 0.6) is 28.7 Å². The second kappa shape index (κ2) is 7.30. The minimum absolute atomic E-state index is 0.00331. The number of benzene rings is 3. The quantitative estimate of drug-likeness (QED) is 0.190. The van der Waals surface area contributed by atoms with Gasteiger partial charge in [-0.2, -0.15) is 0 Å². The van der Waals surface area contributed by atoms with E-state index in [1.807, 2.05) is 0 Å². The molecule has 156 valence electrons. The first-order chi connectivity index (χ1) is 14.8. The summed E-state index contributed by atoms with van der Waals surface area (Å²) in [6.07, 6.45) is 0. The molecule has 6 N–H and O–H groups in total. The third-order valence-electron chi connectivity index (χ3n) is 4.53. The van der Waals surface area contributed by atoms with Crippen molar-refractivity contribution in [1.29, 1.82) is 0 Å². The van der Waals surface area contributed by atoms with Gasteiger partial charge >= 0.3 is 5.97 Å². The second-order valence-electron chi connectivity index (χ2n) is 6.61. The van der Waals surface area contributed by atoms with Crippen LogP contribution in [0.1, 0.15) is 10.4 Å². The number of phenols is 4. The first kappa shape index (κ1) is 19.6. The molecule has 0 aliphatic rings. The number of nitrogen functional groups attached to an aromatic ring is 1. The largest absolute Gasteiger partial charge is 0.508 e. The maximum absolute atomic E-state index is 13.1. The van der Waals surface area contributed by atoms with Gasteiger partial charge in [-0.25, -0.2) is 4.79 Å². The topological polar surface area (TPSA) is 163 Å². The molecule has 0 aliphatic carbocycles. The lowest BCUT2D eigenvalue weighted by atomic mass is 10.1. The maximum Gasteiger partial charge on any atom is 0.345 e. The van der Waals surface area contributed by atoms with Crippen LogP contribution in [0.4, 0.5) is 5.69 Å². The molecule has 0 spiro atoms. The zero-order valence-corrected chi connectivity index (χ0v) is 15.7. The number of hydrogen-bond acceptors (Lipinski definition) is 9. The zero-order chi connectivity index (χ0) is 22.3. The average Bonchev–Trinajstić information content (AvgIpc) is 2.71. The van der Waals surface area contributed by atoms with Crippen LogP contribution in [0, 0.1) is 0 Å². The predicted molar refractivity (Wildman–Crippen MR) is 110 cm³/mol. The molecule has 0 bridgehead atoms. The Balaban J connectivity index is 1.98. The van der Waals surface area contributed by atoms with Crippen LogP contribution in [0.3, 0.4) is 0 Å². The lowest BCUT2D eigenvalue weighted by Crippen LogP contribution is -2.17. The van der Waals surface area contributed by atoms with Crippen LogP contribution < -0.4 is 15.9 Å². The Kier molecular flexibility index (Phi) is 4.63. The molecule has 9 nitrogen and oxygen atoms in total. The lowest BCUT2D eigenvalue weighted by molar-refractivity contribution is 0.0732. The van der Waals surface area contributed by atoms with Gasteiger partial charge in [0.15, 0.2) is 17.3 Å². The Labute approximate surface area is 173 Å². The summed E-state index contributed by atoms with van der Waals surface area (Å²) < 4.78 is 11.0. The van der Waals surface area contributed by atoms with Crippen LogP contribution in [-0.4, -0.2) is 26.4 Å². The fourth-order valence-corrected chi connectivity index (χ4v) is 3.05. The molecule has 0 radical (unpaired) electrons. The van der Waals surface area contributed by atoms with Gasteiger partial charge in [-0.1, -0.05) is 12.1 Å². The van der Waals surface area contributed by atoms with E-state index in [4.69, 9.17) is 14.9 Å². The Morgan fingerprint density at radius 1 is 0.903 bits per heavy atom. The first-order valence-electron chi connectivity index (χ1n) is 8.88. The number of para-hydroxylation sites is 1. The number of anilines is 1. The van der Waals surface area contributed by atoms with E-state index in [1.165, 1.54) is 18.2 Å². The van der Waals surface area contributed by atoms with Crippen molar-refractivity contribution in [2.75, 3.05) is 5.73 Å². The molecule has 0 aliphatic heterocycles. The third-order valence-corrected chi connectivity index (χ3v) is 4.53. The van der Waals surface area contributed by atoms with Gasteiger partial charge in [0.25, 0.3) is 0 Å². The molecule has 0 unspecified atom stereocenters. The van der Waals surface area contributed by atoms with Crippen molar-refractivity contribution in [3.63, 3.8) is 0 Å². The molecule has 4 rings (SSSR count). The van der Waals surface area contributed by atoms with Gasteiger partial charge in [0.1, 0.15) is 22.5 Å². The summed E-state index contributed by atoms with van der Waals surface area (Å²) in [6.45, 7) is 0. The Morgan fingerprint density at radius 3 is 2.35 bits per heavy atom. The molecular weight excluding hydrogens is 406 g/mol. The van der Waals surface area contributed by atoms with Crippen LogP contribution in [0.25, 0.3) is 22.3 Å². The van der Waals surface area contributed by atoms with Crippen molar-refractivity contribution in [1.82, 2.24) is 0 Å². The third kappa shape index (κ3) is 3.44. The van der Waals surface area contributed by atoms with Crippen molar-refractivity contribution in [3.8, 4) is 40.1 Å². The van der Waals surface area contributed by atoms with Crippen molar-refractivity contribution in [2.45, 2.75) is 0 Å². The van der Waals surface area contributed by atoms with Crippen molar-refractivity contribution < 1.29 is 34.4 Å². The Hall–Kier alpha value is -4.66. The van der Waals surface area contributed by atoms with Crippen molar-refractivity contribution in [2.24, 2.45) is 0 Å². The molecule has 0 amide bonds. The molecule has 1 heterocycles. The molecule has 0 atom stereocenters. The maximum atomic E-state index is 13.1. The Morgan fingerprint density at radius 2 is 1.65 bits per heavy atom. The number of rotatable bonds is 3. The molecule has 31 heavy (non-hydrogen) atoms.